The van der Waals surface area contributed by atoms with Crippen LogP contribution in [0, 0.1) is 0 Å². The van der Waals surface area contributed by atoms with Crippen molar-refractivity contribution in [1.29, 1.82) is 0 Å². The van der Waals surface area contributed by atoms with Gasteiger partial charge < -0.3 is 5.11 Å². The van der Waals surface area contributed by atoms with Crippen LogP contribution in [-0.4, -0.2) is 26.7 Å². The zero-order valence-electron chi connectivity index (χ0n) is 7.40. The van der Waals surface area contributed by atoms with Crippen LogP contribution in [0.3, 0.4) is 0 Å². The monoisotopic (exact) mass is 169 g/mol. The normalized spacial score (nSPS) is 10.5. The second-order valence-corrected chi connectivity index (χ2v) is 2.78. The summed E-state index contributed by atoms with van der Waals surface area (Å²) in [7, 11) is 0. The molecule has 1 N–H and O–H groups in total. The zero-order chi connectivity index (χ0) is 8.81. The molecule has 0 spiro atoms. The molecule has 0 amide bonds. The molecule has 12 heavy (non-hydrogen) atoms. The van der Waals surface area contributed by atoms with Crippen molar-refractivity contribution in [1.82, 2.24) is 15.0 Å². The molecule has 1 aromatic heterocycles. The first-order valence-corrected chi connectivity index (χ1v) is 4.36. The molecule has 68 valence electrons. The number of aliphatic hydroxyl groups excluding tert-OH is 1. The standard InChI is InChI=1S/C8H15N3O/c1-2-5-11-8(4-3-6-12)7-9-10-11/h7,12H,2-6H2,1H3. The van der Waals surface area contributed by atoms with Crippen molar-refractivity contribution in [3.63, 3.8) is 0 Å². The van der Waals surface area contributed by atoms with Crippen molar-refractivity contribution in [2.24, 2.45) is 0 Å². The van der Waals surface area contributed by atoms with Crippen molar-refractivity contribution in [3.05, 3.63) is 11.9 Å². The van der Waals surface area contributed by atoms with Crippen molar-refractivity contribution < 1.29 is 5.11 Å². The summed E-state index contributed by atoms with van der Waals surface area (Å²) in [6.07, 6.45) is 4.49. The van der Waals surface area contributed by atoms with Gasteiger partial charge in [0.25, 0.3) is 0 Å². The first kappa shape index (κ1) is 9.19. The quantitative estimate of drug-likeness (QED) is 0.702. The Labute approximate surface area is 72.2 Å². The van der Waals surface area contributed by atoms with Gasteiger partial charge in [-0.3, -0.25) is 0 Å². The van der Waals surface area contributed by atoms with Crippen LogP contribution in [0.5, 0.6) is 0 Å². The zero-order valence-corrected chi connectivity index (χ0v) is 7.40. The second kappa shape index (κ2) is 4.87. The highest BCUT2D eigenvalue weighted by molar-refractivity contribution is 4.93. The Hall–Kier alpha value is -0.900. The minimum atomic E-state index is 0.233. The molecule has 0 aliphatic carbocycles. The van der Waals surface area contributed by atoms with E-state index in [0.717, 1.165) is 31.5 Å². The molecule has 1 heterocycles. The molecule has 0 aliphatic rings. The van der Waals surface area contributed by atoms with Gasteiger partial charge in [-0.1, -0.05) is 12.1 Å². The van der Waals surface area contributed by atoms with Crippen molar-refractivity contribution in [2.45, 2.75) is 32.7 Å². The number of aromatic nitrogens is 3. The molecule has 1 rings (SSSR count). The number of nitrogens with zero attached hydrogens (tertiary/aromatic N) is 3. The van der Waals surface area contributed by atoms with Gasteiger partial charge in [-0.25, -0.2) is 4.68 Å². The van der Waals surface area contributed by atoms with Gasteiger partial charge in [0.1, 0.15) is 0 Å². The Kier molecular flexibility index (Phi) is 3.73. The lowest BCUT2D eigenvalue weighted by molar-refractivity contribution is 0.287. The van der Waals surface area contributed by atoms with Gasteiger partial charge in [0.15, 0.2) is 0 Å². The van der Waals surface area contributed by atoms with E-state index in [-0.39, 0.29) is 6.61 Å². The van der Waals surface area contributed by atoms with Crippen molar-refractivity contribution in [3.8, 4) is 0 Å². The number of rotatable bonds is 5. The summed E-state index contributed by atoms with van der Waals surface area (Å²) in [6, 6.07) is 0. The van der Waals surface area contributed by atoms with Gasteiger partial charge >= 0.3 is 0 Å². The topological polar surface area (TPSA) is 50.9 Å². The summed E-state index contributed by atoms with van der Waals surface area (Å²) in [4.78, 5) is 0. The Morgan fingerprint density at radius 3 is 3.08 bits per heavy atom. The predicted molar refractivity (Wildman–Crippen MR) is 45.7 cm³/mol. The molecule has 0 bridgehead atoms. The van der Waals surface area contributed by atoms with E-state index >= 15 is 0 Å². The van der Waals surface area contributed by atoms with E-state index in [4.69, 9.17) is 5.11 Å². The summed E-state index contributed by atoms with van der Waals surface area (Å²) >= 11 is 0. The summed E-state index contributed by atoms with van der Waals surface area (Å²) < 4.78 is 1.90. The molecule has 4 nitrogen and oxygen atoms in total. The lowest BCUT2D eigenvalue weighted by Gasteiger charge is -2.02. The van der Waals surface area contributed by atoms with Crippen LogP contribution in [0.2, 0.25) is 0 Å². The molecule has 1 aromatic rings. The van der Waals surface area contributed by atoms with Crippen LogP contribution in [0.1, 0.15) is 25.5 Å². The summed E-state index contributed by atoms with van der Waals surface area (Å²) in [6.45, 7) is 3.26. The van der Waals surface area contributed by atoms with Crippen molar-refractivity contribution >= 4 is 0 Å². The average Bonchev–Trinajstić information content (AvgIpc) is 2.50. The maximum atomic E-state index is 8.64. The van der Waals surface area contributed by atoms with E-state index in [9.17, 15) is 0 Å². The molecule has 0 aliphatic heterocycles. The van der Waals surface area contributed by atoms with Gasteiger partial charge in [0, 0.05) is 13.2 Å². The highest BCUT2D eigenvalue weighted by Gasteiger charge is 2.01. The third kappa shape index (κ3) is 2.30. The molecule has 0 saturated heterocycles. The molecular formula is C8H15N3O. The predicted octanol–water partition coefficient (Wildman–Crippen LogP) is 0.613. The van der Waals surface area contributed by atoms with E-state index in [1.54, 1.807) is 6.20 Å². The smallest absolute Gasteiger partial charge is 0.0725 e. The third-order valence-electron chi connectivity index (χ3n) is 1.72. The summed E-state index contributed by atoms with van der Waals surface area (Å²) in [5, 5.41) is 16.4. The van der Waals surface area contributed by atoms with Gasteiger partial charge in [0.05, 0.1) is 11.9 Å². The minimum absolute atomic E-state index is 0.233. The molecule has 4 heteroatoms. The highest BCUT2D eigenvalue weighted by atomic mass is 16.2. The molecule has 0 aromatic carbocycles. The fourth-order valence-corrected chi connectivity index (χ4v) is 1.13. The second-order valence-electron chi connectivity index (χ2n) is 2.78. The number of hydrogen-bond acceptors (Lipinski definition) is 3. The van der Waals surface area contributed by atoms with Crippen LogP contribution in [-0.2, 0) is 13.0 Å². The van der Waals surface area contributed by atoms with E-state index in [1.807, 2.05) is 4.68 Å². The van der Waals surface area contributed by atoms with Crippen LogP contribution >= 0.6 is 0 Å². The first-order chi connectivity index (χ1) is 5.88. The number of hydrogen-bond donors (Lipinski definition) is 1. The summed E-state index contributed by atoms with van der Waals surface area (Å²) in [5.74, 6) is 0. The lowest BCUT2D eigenvalue weighted by Crippen LogP contribution is -2.05. The molecule has 0 saturated carbocycles. The Morgan fingerprint density at radius 2 is 2.42 bits per heavy atom. The Balaban J connectivity index is 2.51. The average molecular weight is 169 g/mol. The van der Waals surface area contributed by atoms with Crippen LogP contribution in [0.25, 0.3) is 0 Å². The third-order valence-corrected chi connectivity index (χ3v) is 1.72. The maximum Gasteiger partial charge on any atom is 0.0725 e. The number of aryl methyl sites for hydroxylation is 2. The van der Waals surface area contributed by atoms with Gasteiger partial charge in [0.2, 0.25) is 0 Å². The SMILES string of the molecule is CCCn1nncc1CCCO. The van der Waals surface area contributed by atoms with Crippen molar-refractivity contribution in [2.75, 3.05) is 6.61 Å². The minimum Gasteiger partial charge on any atom is -0.396 e. The van der Waals surface area contributed by atoms with Crippen LogP contribution in [0.15, 0.2) is 6.20 Å². The maximum absolute atomic E-state index is 8.64. The van der Waals surface area contributed by atoms with Crippen LogP contribution in [0.4, 0.5) is 0 Å². The van der Waals surface area contributed by atoms with Gasteiger partial charge in [-0.15, -0.1) is 5.10 Å². The molecule has 0 radical (unpaired) electrons. The Morgan fingerprint density at radius 1 is 1.58 bits per heavy atom. The first-order valence-electron chi connectivity index (χ1n) is 4.36. The van der Waals surface area contributed by atoms with Gasteiger partial charge in [-0.2, -0.15) is 0 Å². The van der Waals surface area contributed by atoms with E-state index < -0.39 is 0 Å². The summed E-state index contributed by atoms with van der Waals surface area (Å²) in [5.41, 5.74) is 1.12. The number of aliphatic hydroxyl groups is 1. The fourth-order valence-electron chi connectivity index (χ4n) is 1.13. The van der Waals surface area contributed by atoms with E-state index in [2.05, 4.69) is 17.2 Å². The largest absolute Gasteiger partial charge is 0.396 e. The Bertz CT molecular complexity index is 222. The van der Waals surface area contributed by atoms with E-state index in [1.165, 1.54) is 0 Å². The highest BCUT2D eigenvalue weighted by Crippen LogP contribution is 2.01. The lowest BCUT2D eigenvalue weighted by atomic mass is 10.2. The van der Waals surface area contributed by atoms with Gasteiger partial charge in [-0.05, 0) is 19.3 Å². The van der Waals surface area contributed by atoms with E-state index in [0.29, 0.717) is 0 Å². The fraction of sp³-hybridized carbons (Fsp3) is 0.750. The molecule has 0 atom stereocenters. The molecule has 0 unspecified atom stereocenters. The molecular weight excluding hydrogens is 154 g/mol. The van der Waals surface area contributed by atoms with Crippen LogP contribution < -0.4 is 0 Å². The molecule has 0 fully saturated rings.